The van der Waals surface area contributed by atoms with Crippen molar-refractivity contribution in [2.75, 3.05) is 31.7 Å². The van der Waals surface area contributed by atoms with E-state index in [1.165, 1.54) is 12.1 Å². The second kappa shape index (κ2) is 12.3. The van der Waals surface area contributed by atoms with E-state index >= 15 is 0 Å². The minimum absolute atomic E-state index is 0.0321. The van der Waals surface area contributed by atoms with Crippen molar-refractivity contribution in [2.24, 2.45) is 11.8 Å². The number of ether oxygens (including phenoxy) is 3. The van der Waals surface area contributed by atoms with Crippen LogP contribution < -0.4 is 19.1 Å². The van der Waals surface area contributed by atoms with Gasteiger partial charge in [-0.1, -0.05) is 24.3 Å². The summed E-state index contributed by atoms with van der Waals surface area (Å²) in [5.41, 5.74) is 3.69. The predicted molar refractivity (Wildman–Crippen MR) is 150 cm³/mol. The minimum Gasteiger partial charge on any atom is -0.497 e. The van der Waals surface area contributed by atoms with Crippen LogP contribution in [-0.4, -0.2) is 44.2 Å². The van der Waals surface area contributed by atoms with E-state index in [0.717, 1.165) is 66.9 Å². The average Bonchev–Trinajstić information content (AvgIpc) is 3.80. The first-order chi connectivity index (χ1) is 19.7. The maximum Gasteiger partial charge on any atom is 0.573 e. The molecule has 2 fully saturated rings. The van der Waals surface area contributed by atoms with Crippen molar-refractivity contribution in [1.82, 2.24) is 0 Å². The van der Waals surface area contributed by atoms with Gasteiger partial charge < -0.3 is 24.2 Å². The Morgan fingerprint density at radius 3 is 2.29 bits per heavy atom. The fourth-order valence-electron chi connectivity index (χ4n) is 5.61. The SMILES string of the molecule is COc1ccc(-c2ccc(OC(F)(F)F)cc2)c(N2CCC(COc3cccc(C(CC(=O)O)C4CC4)c3)CC2)c1. The van der Waals surface area contributed by atoms with Crippen LogP contribution in [0.5, 0.6) is 17.2 Å². The van der Waals surface area contributed by atoms with Crippen LogP contribution in [0.3, 0.4) is 0 Å². The Hall–Kier alpha value is -3.88. The molecule has 1 heterocycles. The van der Waals surface area contributed by atoms with Crippen LogP contribution in [0.4, 0.5) is 18.9 Å². The molecule has 2 aliphatic rings. The van der Waals surface area contributed by atoms with E-state index in [2.05, 4.69) is 9.64 Å². The lowest BCUT2D eigenvalue weighted by Gasteiger charge is -2.35. The van der Waals surface area contributed by atoms with Crippen molar-refractivity contribution in [2.45, 2.75) is 44.4 Å². The summed E-state index contributed by atoms with van der Waals surface area (Å²) in [5, 5.41) is 9.34. The van der Waals surface area contributed by atoms with Crippen LogP contribution >= 0.6 is 0 Å². The van der Waals surface area contributed by atoms with Crippen molar-refractivity contribution in [3.8, 4) is 28.4 Å². The molecule has 1 N–H and O–H groups in total. The second-order valence-corrected chi connectivity index (χ2v) is 10.8. The van der Waals surface area contributed by atoms with Crippen LogP contribution in [-0.2, 0) is 4.79 Å². The molecule has 1 saturated carbocycles. The number of hydrogen-bond acceptors (Lipinski definition) is 5. The molecular formula is C32H34F3NO5. The van der Waals surface area contributed by atoms with E-state index in [1.54, 1.807) is 19.2 Å². The van der Waals surface area contributed by atoms with Gasteiger partial charge in [0.2, 0.25) is 0 Å². The number of anilines is 1. The molecule has 1 aliphatic carbocycles. The van der Waals surface area contributed by atoms with Crippen LogP contribution in [0.15, 0.2) is 66.7 Å². The molecule has 0 bridgehead atoms. The molecule has 0 radical (unpaired) electrons. The maximum atomic E-state index is 12.6. The topological polar surface area (TPSA) is 68.2 Å². The average molecular weight is 570 g/mol. The maximum absolute atomic E-state index is 12.6. The number of halogens is 3. The van der Waals surface area contributed by atoms with Crippen molar-refractivity contribution >= 4 is 11.7 Å². The third-order valence-electron chi connectivity index (χ3n) is 7.92. The summed E-state index contributed by atoms with van der Waals surface area (Å²) in [5.74, 6) is 1.29. The zero-order chi connectivity index (χ0) is 29.0. The van der Waals surface area contributed by atoms with Crippen LogP contribution in [0.2, 0.25) is 0 Å². The molecule has 3 aromatic rings. The lowest BCUT2D eigenvalue weighted by Crippen LogP contribution is -2.35. The van der Waals surface area contributed by atoms with E-state index in [-0.39, 0.29) is 18.1 Å². The zero-order valence-corrected chi connectivity index (χ0v) is 22.9. The summed E-state index contributed by atoms with van der Waals surface area (Å²) in [4.78, 5) is 13.7. The van der Waals surface area contributed by atoms with E-state index in [4.69, 9.17) is 9.47 Å². The molecule has 6 nitrogen and oxygen atoms in total. The van der Waals surface area contributed by atoms with Gasteiger partial charge in [-0.2, -0.15) is 0 Å². The molecule has 1 atom stereocenters. The number of piperidine rings is 1. The number of alkyl halides is 3. The molecule has 9 heteroatoms. The van der Waals surface area contributed by atoms with Gasteiger partial charge >= 0.3 is 12.3 Å². The molecule has 0 amide bonds. The summed E-state index contributed by atoms with van der Waals surface area (Å²) in [7, 11) is 1.61. The quantitative estimate of drug-likeness (QED) is 0.258. The highest BCUT2D eigenvalue weighted by Crippen LogP contribution is 2.45. The number of benzene rings is 3. The van der Waals surface area contributed by atoms with E-state index in [0.29, 0.717) is 24.2 Å². The number of carbonyl (C=O) groups is 1. The van der Waals surface area contributed by atoms with Gasteiger partial charge in [0, 0.05) is 30.4 Å². The number of aliphatic carboxylic acids is 1. The van der Waals surface area contributed by atoms with Gasteiger partial charge in [0.1, 0.15) is 17.2 Å². The molecule has 218 valence electrons. The largest absolute Gasteiger partial charge is 0.573 e. The predicted octanol–water partition coefficient (Wildman–Crippen LogP) is 7.52. The summed E-state index contributed by atoms with van der Waals surface area (Å²) in [6, 6.07) is 19.5. The number of nitrogens with zero attached hydrogens (tertiary/aromatic N) is 1. The van der Waals surface area contributed by atoms with Gasteiger partial charge in [0.05, 0.1) is 20.1 Å². The molecule has 1 unspecified atom stereocenters. The normalized spacial score (nSPS) is 16.7. The summed E-state index contributed by atoms with van der Waals surface area (Å²) >= 11 is 0. The Morgan fingerprint density at radius 1 is 0.951 bits per heavy atom. The molecular weight excluding hydrogens is 535 g/mol. The Bertz CT molecular complexity index is 1330. The first-order valence-electron chi connectivity index (χ1n) is 13.9. The minimum atomic E-state index is -4.73. The molecule has 41 heavy (non-hydrogen) atoms. The van der Waals surface area contributed by atoms with E-state index in [1.807, 2.05) is 42.5 Å². The number of hydrogen-bond donors (Lipinski definition) is 1. The number of carboxylic acids is 1. The third kappa shape index (κ3) is 7.65. The Balaban J connectivity index is 1.22. The molecule has 1 saturated heterocycles. The fourth-order valence-corrected chi connectivity index (χ4v) is 5.61. The van der Waals surface area contributed by atoms with Gasteiger partial charge in [-0.05, 0) is 91.0 Å². The number of rotatable bonds is 11. The summed E-state index contributed by atoms with van der Waals surface area (Å²) in [6.45, 7) is 2.17. The molecule has 0 aromatic heterocycles. The van der Waals surface area contributed by atoms with Gasteiger partial charge in [-0.25, -0.2) is 0 Å². The highest BCUT2D eigenvalue weighted by Gasteiger charge is 2.34. The van der Waals surface area contributed by atoms with Crippen molar-refractivity contribution in [1.29, 1.82) is 0 Å². The summed E-state index contributed by atoms with van der Waals surface area (Å²) in [6.07, 6.45) is -0.604. The first-order valence-corrected chi connectivity index (χ1v) is 13.9. The molecule has 5 rings (SSSR count). The monoisotopic (exact) mass is 569 g/mol. The van der Waals surface area contributed by atoms with Crippen molar-refractivity contribution < 1.29 is 37.3 Å². The van der Waals surface area contributed by atoms with Crippen LogP contribution in [0.1, 0.15) is 43.6 Å². The Labute approximate surface area is 237 Å². The number of methoxy groups -OCH3 is 1. The van der Waals surface area contributed by atoms with Crippen LogP contribution in [0.25, 0.3) is 11.1 Å². The number of carboxylic acid groups (broad SMARTS) is 1. The standard InChI is InChI=1S/C32H34F3NO5/c1-39-26-11-12-28(22-7-9-25(10-8-22)41-32(33,34)35)30(18-26)36-15-13-21(14-16-36)20-40-27-4-2-3-24(17-27)29(19-31(37)38)23-5-6-23/h2-4,7-12,17-18,21,23,29H,5-6,13-16,19-20H2,1H3,(H,37,38). The van der Waals surface area contributed by atoms with E-state index in [9.17, 15) is 23.1 Å². The van der Waals surface area contributed by atoms with Gasteiger partial charge in [0.25, 0.3) is 0 Å². The molecule has 1 aliphatic heterocycles. The zero-order valence-electron chi connectivity index (χ0n) is 22.9. The Morgan fingerprint density at radius 2 is 1.66 bits per heavy atom. The lowest BCUT2D eigenvalue weighted by atomic mass is 9.91. The van der Waals surface area contributed by atoms with Crippen molar-refractivity contribution in [3.63, 3.8) is 0 Å². The smallest absolute Gasteiger partial charge is 0.497 e. The van der Waals surface area contributed by atoms with Gasteiger partial charge in [-0.3, -0.25) is 4.79 Å². The highest BCUT2D eigenvalue weighted by molar-refractivity contribution is 5.80. The van der Waals surface area contributed by atoms with Gasteiger partial charge in [-0.15, -0.1) is 13.2 Å². The summed E-state index contributed by atoms with van der Waals surface area (Å²) < 4.78 is 53.4. The fraction of sp³-hybridized carbons (Fsp3) is 0.406. The van der Waals surface area contributed by atoms with Crippen molar-refractivity contribution in [3.05, 3.63) is 72.3 Å². The first kappa shape index (κ1) is 28.6. The lowest BCUT2D eigenvalue weighted by molar-refractivity contribution is -0.274. The second-order valence-electron chi connectivity index (χ2n) is 10.8. The van der Waals surface area contributed by atoms with Crippen LogP contribution in [0, 0.1) is 11.8 Å². The molecule has 3 aromatic carbocycles. The molecule has 0 spiro atoms. The highest BCUT2D eigenvalue weighted by atomic mass is 19.4. The Kier molecular flexibility index (Phi) is 8.61. The van der Waals surface area contributed by atoms with Gasteiger partial charge in [0.15, 0.2) is 0 Å². The van der Waals surface area contributed by atoms with E-state index < -0.39 is 12.3 Å². The third-order valence-corrected chi connectivity index (χ3v) is 7.92.